The van der Waals surface area contributed by atoms with Gasteiger partial charge in [-0.15, -0.1) is 0 Å². The Morgan fingerprint density at radius 1 is 1.27 bits per heavy atom. The van der Waals surface area contributed by atoms with Crippen molar-refractivity contribution in [3.63, 3.8) is 0 Å². The summed E-state index contributed by atoms with van der Waals surface area (Å²) in [5.74, 6) is 0.214. The molecule has 1 aromatic carbocycles. The van der Waals surface area contributed by atoms with Crippen molar-refractivity contribution in [2.75, 3.05) is 12.4 Å². The van der Waals surface area contributed by atoms with Crippen molar-refractivity contribution in [2.45, 2.75) is 13.0 Å². The van der Waals surface area contributed by atoms with Gasteiger partial charge in [0.25, 0.3) is 0 Å². The van der Waals surface area contributed by atoms with Gasteiger partial charge in [0.15, 0.2) is 0 Å². The van der Waals surface area contributed by atoms with Gasteiger partial charge in [-0.1, -0.05) is 11.6 Å². The molecule has 0 bridgehead atoms. The zero-order valence-electron chi connectivity index (χ0n) is 11.9. The van der Waals surface area contributed by atoms with E-state index in [-0.39, 0.29) is 13.0 Å². The van der Waals surface area contributed by atoms with Crippen LogP contribution in [0.2, 0.25) is 5.02 Å². The second-order valence-electron chi connectivity index (χ2n) is 4.43. The smallest absolute Gasteiger partial charge is 0.233 e. The summed E-state index contributed by atoms with van der Waals surface area (Å²) in [6.07, 6.45) is 1.20. The summed E-state index contributed by atoms with van der Waals surface area (Å²) in [5.41, 5.74) is 0.416. The van der Waals surface area contributed by atoms with Crippen LogP contribution in [0.4, 0.5) is 5.69 Å². The number of methoxy groups -OCH3 is 1. The Morgan fingerprint density at radius 2 is 2.09 bits per heavy atom. The Hall–Kier alpha value is -2.47. The molecule has 0 saturated carbocycles. The average molecular weight is 323 g/mol. The Labute approximate surface area is 132 Å². The predicted octanol–water partition coefficient (Wildman–Crippen LogP) is 2.59. The Morgan fingerprint density at radius 3 is 2.77 bits per heavy atom. The van der Waals surface area contributed by atoms with Crippen LogP contribution in [0.5, 0.6) is 5.75 Å². The van der Waals surface area contributed by atoms with Crippen LogP contribution >= 0.6 is 11.6 Å². The van der Waals surface area contributed by atoms with Crippen LogP contribution in [0.3, 0.4) is 0 Å². The van der Waals surface area contributed by atoms with Crippen molar-refractivity contribution in [1.82, 2.24) is 5.32 Å². The highest BCUT2D eigenvalue weighted by Gasteiger charge is 2.12. The lowest BCUT2D eigenvalue weighted by molar-refractivity contribution is -0.127. The molecule has 116 valence electrons. The van der Waals surface area contributed by atoms with Gasteiger partial charge < -0.3 is 19.8 Å². The SMILES string of the molecule is COc1ccc(Cl)cc1NC(=O)CC(=O)NCc1ccco1. The number of ether oxygens (including phenoxy) is 1. The first-order valence-electron chi connectivity index (χ1n) is 6.51. The zero-order valence-corrected chi connectivity index (χ0v) is 12.6. The minimum absolute atomic E-state index is 0.236. The molecule has 2 rings (SSSR count). The Bertz CT molecular complexity index is 656. The van der Waals surface area contributed by atoms with E-state index >= 15 is 0 Å². The van der Waals surface area contributed by atoms with E-state index in [9.17, 15) is 9.59 Å². The van der Waals surface area contributed by atoms with Crippen LogP contribution in [0.1, 0.15) is 12.2 Å². The second kappa shape index (κ2) is 7.51. The number of carbonyl (C=O) groups excluding carboxylic acids is 2. The third-order valence-electron chi connectivity index (χ3n) is 2.80. The maximum atomic E-state index is 11.9. The maximum Gasteiger partial charge on any atom is 0.233 e. The minimum atomic E-state index is -0.461. The van der Waals surface area contributed by atoms with E-state index in [1.165, 1.54) is 13.4 Å². The van der Waals surface area contributed by atoms with Crippen molar-refractivity contribution in [3.05, 3.63) is 47.4 Å². The van der Waals surface area contributed by atoms with E-state index in [0.717, 1.165) is 0 Å². The van der Waals surface area contributed by atoms with Gasteiger partial charge in [0.1, 0.15) is 17.9 Å². The molecule has 0 fully saturated rings. The van der Waals surface area contributed by atoms with Gasteiger partial charge in [-0.05, 0) is 30.3 Å². The number of anilines is 1. The average Bonchev–Trinajstić information content (AvgIpc) is 2.98. The molecule has 7 heteroatoms. The molecule has 1 heterocycles. The number of carbonyl (C=O) groups is 2. The van der Waals surface area contributed by atoms with E-state index in [2.05, 4.69) is 10.6 Å². The predicted molar refractivity (Wildman–Crippen MR) is 81.8 cm³/mol. The number of nitrogens with one attached hydrogen (secondary N) is 2. The molecule has 2 N–H and O–H groups in total. The summed E-state index contributed by atoms with van der Waals surface area (Å²) in [6.45, 7) is 0.236. The molecule has 0 spiro atoms. The number of hydrogen-bond donors (Lipinski definition) is 2. The van der Waals surface area contributed by atoms with E-state index in [4.69, 9.17) is 20.8 Å². The first kappa shape index (κ1) is 15.9. The largest absolute Gasteiger partial charge is 0.495 e. The molecule has 0 aliphatic heterocycles. The van der Waals surface area contributed by atoms with Gasteiger partial charge in [-0.2, -0.15) is 0 Å². The van der Waals surface area contributed by atoms with Crippen LogP contribution in [0.15, 0.2) is 41.0 Å². The molecule has 6 nitrogen and oxygen atoms in total. The summed E-state index contributed by atoms with van der Waals surface area (Å²) in [4.78, 5) is 23.6. The summed E-state index contributed by atoms with van der Waals surface area (Å²) in [5, 5.41) is 5.64. The first-order chi connectivity index (χ1) is 10.6. The fraction of sp³-hybridized carbons (Fsp3) is 0.200. The van der Waals surface area contributed by atoms with E-state index in [0.29, 0.717) is 22.2 Å². The van der Waals surface area contributed by atoms with Gasteiger partial charge in [0, 0.05) is 5.02 Å². The van der Waals surface area contributed by atoms with Crippen LogP contribution in [0, 0.1) is 0 Å². The monoisotopic (exact) mass is 322 g/mol. The van der Waals surface area contributed by atoms with Crippen LogP contribution in [0.25, 0.3) is 0 Å². The number of furan rings is 1. The van der Waals surface area contributed by atoms with E-state index in [1.54, 1.807) is 30.3 Å². The third-order valence-corrected chi connectivity index (χ3v) is 3.03. The number of benzene rings is 1. The highest BCUT2D eigenvalue weighted by atomic mass is 35.5. The van der Waals surface area contributed by atoms with Crippen molar-refractivity contribution in [1.29, 1.82) is 0 Å². The normalized spacial score (nSPS) is 10.1. The third kappa shape index (κ3) is 4.53. The van der Waals surface area contributed by atoms with Gasteiger partial charge in [0.05, 0.1) is 25.6 Å². The Kier molecular flexibility index (Phi) is 5.43. The quantitative estimate of drug-likeness (QED) is 0.801. The van der Waals surface area contributed by atoms with Crippen LogP contribution < -0.4 is 15.4 Å². The molecule has 0 aliphatic carbocycles. The lowest BCUT2D eigenvalue weighted by Crippen LogP contribution is -2.27. The number of hydrogen-bond acceptors (Lipinski definition) is 4. The fourth-order valence-corrected chi connectivity index (χ4v) is 1.95. The van der Waals surface area contributed by atoms with Crippen molar-refractivity contribution in [2.24, 2.45) is 0 Å². The molecular weight excluding hydrogens is 308 g/mol. The van der Waals surface area contributed by atoms with Crippen molar-refractivity contribution >= 4 is 29.1 Å². The summed E-state index contributed by atoms with van der Waals surface area (Å²) >= 11 is 5.87. The molecule has 0 atom stereocenters. The molecule has 0 unspecified atom stereocenters. The standard InChI is InChI=1S/C15H15ClN2O4/c1-21-13-5-4-10(16)7-12(13)18-15(20)8-14(19)17-9-11-3-2-6-22-11/h2-7H,8-9H2,1H3,(H,17,19)(H,18,20). The molecule has 0 radical (unpaired) electrons. The highest BCUT2D eigenvalue weighted by molar-refractivity contribution is 6.31. The lowest BCUT2D eigenvalue weighted by Gasteiger charge is -2.10. The number of halogens is 1. The van der Waals surface area contributed by atoms with Gasteiger partial charge in [-0.3, -0.25) is 9.59 Å². The minimum Gasteiger partial charge on any atom is -0.495 e. The molecular formula is C15H15ClN2O4. The van der Waals surface area contributed by atoms with Gasteiger partial charge >= 0.3 is 0 Å². The fourth-order valence-electron chi connectivity index (χ4n) is 1.78. The van der Waals surface area contributed by atoms with E-state index in [1.807, 2.05) is 0 Å². The lowest BCUT2D eigenvalue weighted by atomic mass is 10.2. The number of rotatable bonds is 6. The highest BCUT2D eigenvalue weighted by Crippen LogP contribution is 2.27. The first-order valence-corrected chi connectivity index (χ1v) is 6.88. The number of amides is 2. The van der Waals surface area contributed by atoms with E-state index < -0.39 is 11.8 Å². The molecule has 0 saturated heterocycles. The summed E-state index contributed by atoms with van der Waals surface area (Å²) < 4.78 is 10.2. The van der Waals surface area contributed by atoms with Gasteiger partial charge in [0.2, 0.25) is 11.8 Å². The second-order valence-corrected chi connectivity index (χ2v) is 4.86. The maximum absolute atomic E-state index is 11.9. The van der Waals surface area contributed by atoms with Crippen LogP contribution in [-0.4, -0.2) is 18.9 Å². The van der Waals surface area contributed by atoms with Crippen molar-refractivity contribution in [3.8, 4) is 5.75 Å². The molecule has 1 aromatic heterocycles. The van der Waals surface area contributed by atoms with Gasteiger partial charge in [-0.25, -0.2) is 0 Å². The topological polar surface area (TPSA) is 80.6 Å². The van der Waals surface area contributed by atoms with Crippen molar-refractivity contribution < 1.29 is 18.7 Å². The van der Waals surface area contributed by atoms with Crippen LogP contribution in [-0.2, 0) is 16.1 Å². The molecule has 0 aliphatic rings. The summed E-state index contributed by atoms with van der Waals surface area (Å²) in [7, 11) is 1.48. The Balaban J connectivity index is 1.87. The molecule has 2 amide bonds. The molecule has 2 aromatic rings. The molecule has 22 heavy (non-hydrogen) atoms. The zero-order chi connectivity index (χ0) is 15.9. The summed E-state index contributed by atoms with van der Waals surface area (Å²) in [6, 6.07) is 8.29.